The molecular formula is C60H77BrF2N10O14S2. The van der Waals surface area contributed by atoms with Crippen LogP contribution in [-0.2, 0) is 70.8 Å². The van der Waals surface area contributed by atoms with Gasteiger partial charge in [-0.2, -0.15) is 18.8 Å². The van der Waals surface area contributed by atoms with Gasteiger partial charge in [0.1, 0.15) is 27.3 Å². The Hall–Kier alpha value is -7.54. The monoisotopic (exact) mass is 1340 g/mol. The summed E-state index contributed by atoms with van der Waals surface area (Å²) >= 11 is 3.13. The first-order valence-corrected chi connectivity index (χ1v) is 31.6. The van der Waals surface area contributed by atoms with Crippen molar-refractivity contribution in [3.8, 4) is 23.0 Å². The van der Waals surface area contributed by atoms with Gasteiger partial charge in [0.15, 0.2) is 28.6 Å². The van der Waals surface area contributed by atoms with Crippen molar-refractivity contribution in [2.45, 2.75) is 73.8 Å². The van der Waals surface area contributed by atoms with Gasteiger partial charge in [0.25, 0.3) is 31.9 Å². The van der Waals surface area contributed by atoms with Crippen LogP contribution in [0.4, 0.5) is 8.78 Å². The van der Waals surface area contributed by atoms with Crippen molar-refractivity contribution in [1.82, 2.24) is 48.2 Å². The summed E-state index contributed by atoms with van der Waals surface area (Å²) in [5, 5.41) is 8.47. The number of H-pyrrole nitrogens is 1. The maximum atomic E-state index is 16.5. The highest BCUT2D eigenvalue weighted by molar-refractivity contribution is 9.10. The number of hydrogen-bond acceptors (Lipinski definition) is 18. The Morgan fingerprint density at radius 1 is 0.528 bits per heavy atom. The molecule has 2 aliphatic rings. The maximum absolute atomic E-state index is 16.5. The first-order valence-electron chi connectivity index (χ1n) is 27.9. The lowest BCUT2D eigenvalue weighted by molar-refractivity contribution is -0.150. The number of sulfonamides is 2. The largest absolute Gasteiger partial charge is 0.497 e. The Morgan fingerprint density at radius 2 is 0.865 bits per heavy atom. The van der Waals surface area contributed by atoms with Gasteiger partial charge in [0, 0.05) is 78.5 Å². The van der Waals surface area contributed by atoms with Gasteiger partial charge in [0.05, 0.1) is 42.7 Å². The van der Waals surface area contributed by atoms with E-state index >= 15 is 8.78 Å². The fourth-order valence-corrected chi connectivity index (χ4v) is 12.0. The standard InChI is InChI=1S/C30H38FN5O7S.C25H30FN5O5S.C5H9BrO2/c1-30(2,29(38)43-6)36-26(28(37)34-17-15-33(3)16-18-34)25(31)27(32-36)44(39,40)35(19-21-7-11-23(41-4)12-8-21)20-22-9-13-24(42-5)14-10-22;1-29-12-14-30(15-13-29)25(32)23-22(26)24(28-27-23)37(33,34)31(16-18-4-8-20(35-2)9-5-18)17-19-6-10-21(36-3)11-7-19;1-5(2,6)4(7)8-3/h7-14H,15-20H2,1-6H3;4-11H,12-17H2,1-3H3,(H,27,28);1-3H3. The fraction of sp³-hybridized carbons (Fsp3) is 0.433. The maximum Gasteiger partial charge on any atom is 0.333 e. The number of alkyl halides is 1. The summed E-state index contributed by atoms with van der Waals surface area (Å²) in [6, 6.07) is 27.4. The molecular weight excluding hydrogens is 1270 g/mol. The topological polar surface area (TPSA) is 258 Å². The Labute approximate surface area is 526 Å². The number of carbonyl (C=O) groups excluding carboxylic acids is 4. The van der Waals surface area contributed by atoms with Gasteiger partial charge in [-0.3, -0.25) is 19.5 Å². The van der Waals surface area contributed by atoms with E-state index in [2.05, 4.69) is 40.9 Å². The number of halogens is 3. The predicted molar refractivity (Wildman–Crippen MR) is 329 cm³/mol. The third-order valence-corrected chi connectivity index (χ3v) is 18.3. The first kappa shape index (κ1) is 70.5. The average Bonchev–Trinajstić information content (AvgIpc) is 1.66. The third-order valence-electron chi connectivity index (χ3n) is 14.6. The number of aromatic nitrogens is 4. The molecule has 2 saturated heterocycles. The average molecular weight is 1340 g/mol. The van der Waals surface area contributed by atoms with E-state index < -0.39 is 80.8 Å². The van der Waals surface area contributed by atoms with E-state index in [1.165, 1.54) is 59.2 Å². The molecule has 2 amide bonds. The number of methoxy groups -OCH3 is 6. The summed E-state index contributed by atoms with van der Waals surface area (Å²) < 4.78 is 121. The van der Waals surface area contributed by atoms with Crippen LogP contribution in [0.3, 0.4) is 0 Å². The number of piperazine rings is 2. The number of likely N-dealkylation sites (N-methyl/N-ethyl adjacent to an activating group) is 2. The summed E-state index contributed by atoms with van der Waals surface area (Å²) in [5.41, 5.74) is -0.317. The smallest absolute Gasteiger partial charge is 0.333 e. The van der Waals surface area contributed by atoms with Crippen LogP contribution in [0.1, 0.15) is 70.9 Å². The number of rotatable bonds is 21. The molecule has 89 heavy (non-hydrogen) atoms. The number of esters is 2. The lowest BCUT2D eigenvalue weighted by Gasteiger charge is -2.33. The molecule has 0 aliphatic carbocycles. The zero-order chi connectivity index (χ0) is 65.6. The molecule has 484 valence electrons. The highest BCUT2D eigenvalue weighted by Crippen LogP contribution is 2.32. The van der Waals surface area contributed by atoms with Crippen LogP contribution < -0.4 is 18.9 Å². The number of ether oxygens (including phenoxy) is 6. The van der Waals surface area contributed by atoms with Crippen LogP contribution in [0.5, 0.6) is 23.0 Å². The van der Waals surface area contributed by atoms with Gasteiger partial charge in [0.2, 0.25) is 10.1 Å². The van der Waals surface area contributed by atoms with Crippen LogP contribution in [0, 0.1) is 11.6 Å². The second-order valence-electron chi connectivity index (χ2n) is 21.7. The predicted octanol–water partition coefficient (Wildman–Crippen LogP) is 6.40. The van der Waals surface area contributed by atoms with E-state index in [4.69, 9.17) is 23.7 Å². The molecule has 24 nitrogen and oxygen atoms in total. The van der Waals surface area contributed by atoms with E-state index in [9.17, 15) is 36.0 Å². The number of amides is 2. The third kappa shape index (κ3) is 17.7. The molecule has 0 atom stereocenters. The van der Waals surface area contributed by atoms with Crippen LogP contribution in [0.2, 0.25) is 0 Å². The van der Waals surface area contributed by atoms with Gasteiger partial charge in [-0.05, 0) is 113 Å². The summed E-state index contributed by atoms with van der Waals surface area (Å²) in [6.07, 6.45) is 0. The lowest BCUT2D eigenvalue weighted by Crippen LogP contribution is -2.49. The number of nitrogens with zero attached hydrogens (tertiary/aromatic N) is 9. The Bertz CT molecular complexity index is 3490. The zero-order valence-electron chi connectivity index (χ0n) is 51.9. The van der Waals surface area contributed by atoms with Gasteiger partial charge >= 0.3 is 11.9 Å². The molecule has 0 unspecified atom stereocenters. The van der Waals surface area contributed by atoms with Crippen LogP contribution >= 0.6 is 15.9 Å². The molecule has 2 aliphatic heterocycles. The quantitative estimate of drug-likeness (QED) is 0.0603. The van der Waals surface area contributed by atoms with E-state index in [0.717, 1.165) is 20.4 Å². The van der Waals surface area contributed by atoms with Crippen molar-refractivity contribution in [1.29, 1.82) is 0 Å². The highest BCUT2D eigenvalue weighted by atomic mass is 79.9. The minimum Gasteiger partial charge on any atom is -0.497 e. The Balaban J connectivity index is 0.000000255. The minimum atomic E-state index is -4.69. The van der Waals surface area contributed by atoms with E-state index in [1.807, 2.05) is 19.0 Å². The second-order valence-corrected chi connectivity index (χ2v) is 27.4. The number of aromatic amines is 1. The van der Waals surface area contributed by atoms with Crippen molar-refractivity contribution in [3.05, 3.63) is 142 Å². The van der Waals surface area contributed by atoms with Crippen LogP contribution in [-0.4, -0.2) is 202 Å². The molecule has 2 aromatic heterocycles. The van der Waals surface area contributed by atoms with E-state index in [0.29, 0.717) is 97.6 Å². The molecule has 0 saturated carbocycles. The minimum absolute atomic E-state index is 0.0431. The first-order chi connectivity index (χ1) is 42.0. The van der Waals surface area contributed by atoms with E-state index in [-0.39, 0.29) is 32.1 Å². The van der Waals surface area contributed by atoms with Gasteiger partial charge in [-0.1, -0.05) is 64.5 Å². The van der Waals surface area contributed by atoms with Crippen molar-refractivity contribution in [3.63, 3.8) is 0 Å². The zero-order valence-corrected chi connectivity index (χ0v) is 55.1. The van der Waals surface area contributed by atoms with Gasteiger partial charge < -0.3 is 48.0 Å². The molecule has 6 aromatic rings. The summed E-state index contributed by atoms with van der Waals surface area (Å²) in [6.45, 7) is 9.63. The second kappa shape index (κ2) is 30.8. The SMILES string of the molecule is COC(=O)C(C)(C)Br.COC(=O)C(C)(C)n1nc(S(=O)(=O)N(Cc2ccc(OC)cc2)Cc2ccc(OC)cc2)c(F)c1C(=O)N1CCN(C)CC1.COc1ccc(CN(Cc2ccc(OC)cc2)S(=O)(=O)c2[nH]nc(C(=O)N3CCN(C)CC3)c2F)cc1. The number of benzene rings is 4. The summed E-state index contributed by atoms with van der Waals surface area (Å²) in [4.78, 5) is 57.0. The lowest BCUT2D eigenvalue weighted by atomic mass is 10.1. The van der Waals surface area contributed by atoms with Crippen LogP contribution in [0.15, 0.2) is 107 Å². The molecule has 0 radical (unpaired) electrons. The Morgan fingerprint density at radius 3 is 1.18 bits per heavy atom. The van der Waals surface area contributed by atoms with Gasteiger partial charge in [-0.25, -0.2) is 35.1 Å². The molecule has 0 bridgehead atoms. The summed E-state index contributed by atoms with van der Waals surface area (Å²) in [5.74, 6) is -2.58. The van der Waals surface area contributed by atoms with Crippen molar-refractivity contribution in [2.24, 2.45) is 0 Å². The van der Waals surface area contributed by atoms with E-state index in [1.54, 1.807) is 111 Å². The normalized spacial score (nSPS) is 14.3. The Kier molecular flexibility index (Phi) is 24.4. The van der Waals surface area contributed by atoms with Gasteiger partial charge in [-0.15, -0.1) is 0 Å². The summed E-state index contributed by atoms with van der Waals surface area (Å²) in [7, 11) is 3.36. The molecule has 1 N–H and O–H groups in total. The number of hydrogen-bond donors (Lipinski definition) is 1. The molecule has 29 heteroatoms. The molecule has 4 aromatic carbocycles. The van der Waals surface area contributed by atoms with Crippen molar-refractivity contribution in [2.75, 3.05) is 109 Å². The molecule has 8 rings (SSSR count). The number of nitrogens with one attached hydrogen (secondary N) is 1. The van der Waals surface area contributed by atoms with Crippen molar-refractivity contribution < 1.29 is 73.2 Å². The molecule has 2 fully saturated rings. The highest BCUT2D eigenvalue weighted by Gasteiger charge is 2.44. The fourth-order valence-electron chi connectivity index (χ4n) is 9.10. The molecule has 0 spiro atoms. The van der Waals surface area contributed by atoms with Crippen molar-refractivity contribution >= 4 is 59.7 Å². The number of carbonyl (C=O) groups is 4. The molecule has 4 heterocycles. The van der Waals surface area contributed by atoms with Crippen LogP contribution in [0.25, 0.3) is 0 Å².